The number of ether oxygens (including phenoxy) is 1. The first kappa shape index (κ1) is 16.8. The number of carbonyl (C=O) groups is 2. The van der Waals surface area contributed by atoms with Crippen LogP contribution >= 0.6 is 11.6 Å². The number of hydrogen-bond acceptors (Lipinski definition) is 3. The lowest BCUT2D eigenvalue weighted by molar-refractivity contribution is -0.123. The van der Waals surface area contributed by atoms with E-state index < -0.39 is 11.7 Å². The molecular formula is C17H22ClNO3. The van der Waals surface area contributed by atoms with Crippen molar-refractivity contribution in [3.05, 3.63) is 34.9 Å². The van der Waals surface area contributed by atoms with E-state index in [9.17, 15) is 9.59 Å². The van der Waals surface area contributed by atoms with Crippen molar-refractivity contribution in [2.24, 2.45) is 0 Å². The number of halogens is 1. The molecule has 22 heavy (non-hydrogen) atoms. The van der Waals surface area contributed by atoms with E-state index in [0.29, 0.717) is 24.3 Å². The van der Waals surface area contributed by atoms with E-state index in [0.717, 1.165) is 5.56 Å². The molecule has 0 radical (unpaired) electrons. The SMILES string of the molecule is CC(C)(C)OC(=O)N1CC(=O)CC[C@@H]1Cc1ccc(Cl)cc1. The Kier molecular flexibility index (Phi) is 5.12. The highest BCUT2D eigenvalue weighted by Gasteiger charge is 2.33. The van der Waals surface area contributed by atoms with Crippen LogP contribution in [-0.4, -0.2) is 35.0 Å². The fraction of sp³-hybridized carbons (Fsp3) is 0.529. The minimum absolute atomic E-state index is 0.0197. The molecule has 1 heterocycles. The van der Waals surface area contributed by atoms with Gasteiger partial charge in [-0.05, 0) is 51.3 Å². The minimum Gasteiger partial charge on any atom is -0.444 e. The molecule has 0 bridgehead atoms. The second-order valence-electron chi connectivity index (χ2n) is 6.67. The van der Waals surface area contributed by atoms with E-state index in [1.165, 1.54) is 0 Å². The van der Waals surface area contributed by atoms with Gasteiger partial charge in [-0.3, -0.25) is 9.69 Å². The van der Waals surface area contributed by atoms with E-state index >= 15 is 0 Å². The molecule has 0 N–H and O–H groups in total. The van der Waals surface area contributed by atoms with Crippen LogP contribution in [0.15, 0.2) is 24.3 Å². The molecule has 1 saturated heterocycles. The van der Waals surface area contributed by atoms with E-state index in [-0.39, 0.29) is 18.4 Å². The number of carbonyl (C=O) groups excluding carboxylic acids is 2. The highest BCUT2D eigenvalue weighted by atomic mass is 35.5. The van der Waals surface area contributed by atoms with Crippen LogP contribution < -0.4 is 0 Å². The van der Waals surface area contributed by atoms with Gasteiger partial charge in [-0.15, -0.1) is 0 Å². The van der Waals surface area contributed by atoms with Crippen molar-refractivity contribution in [1.82, 2.24) is 4.90 Å². The molecular weight excluding hydrogens is 302 g/mol. The van der Waals surface area contributed by atoms with Crippen LogP contribution in [0.1, 0.15) is 39.2 Å². The van der Waals surface area contributed by atoms with Gasteiger partial charge in [-0.2, -0.15) is 0 Å². The molecule has 0 unspecified atom stereocenters. The number of piperidine rings is 1. The Balaban J connectivity index is 2.10. The zero-order chi connectivity index (χ0) is 16.3. The largest absolute Gasteiger partial charge is 0.444 e. The molecule has 2 rings (SSSR count). The molecule has 4 nitrogen and oxygen atoms in total. The van der Waals surface area contributed by atoms with Crippen molar-refractivity contribution in [2.75, 3.05) is 6.54 Å². The van der Waals surface area contributed by atoms with Gasteiger partial charge in [-0.1, -0.05) is 23.7 Å². The van der Waals surface area contributed by atoms with Crippen LogP contribution in [0.4, 0.5) is 4.79 Å². The second kappa shape index (κ2) is 6.69. The molecule has 1 amide bonds. The highest BCUT2D eigenvalue weighted by molar-refractivity contribution is 6.30. The second-order valence-corrected chi connectivity index (χ2v) is 7.11. The van der Waals surface area contributed by atoms with Gasteiger partial charge in [-0.25, -0.2) is 4.79 Å². The molecule has 1 aliphatic heterocycles. The maximum atomic E-state index is 12.3. The van der Waals surface area contributed by atoms with Crippen molar-refractivity contribution < 1.29 is 14.3 Å². The van der Waals surface area contributed by atoms with Crippen molar-refractivity contribution in [2.45, 2.75) is 51.7 Å². The van der Waals surface area contributed by atoms with Crippen molar-refractivity contribution in [3.8, 4) is 0 Å². The summed E-state index contributed by atoms with van der Waals surface area (Å²) in [6.07, 6.45) is 1.46. The first-order valence-corrected chi connectivity index (χ1v) is 7.88. The maximum absolute atomic E-state index is 12.3. The van der Waals surface area contributed by atoms with Crippen LogP contribution in [0.5, 0.6) is 0 Å². The van der Waals surface area contributed by atoms with Crippen molar-refractivity contribution >= 4 is 23.5 Å². The Morgan fingerprint density at radius 2 is 1.95 bits per heavy atom. The lowest BCUT2D eigenvalue weighted by Crippen LogP contribution is -2.49. The fourth-order valence-corrected chi connectivity index (χ4v) is 2.65. The Bertz CT molecular complexity index is 548. The van der Waals surface area contributed by atoms with Gasteiger partial charge in [0.25, 0.3) is 0 Å². The van der Waals surface area contributed by atoms with Crippen molar-refractivity contribution in [1.29, 1.82) is 0 Å². The van der Waals surface area contributed by atoms with E-state index in [2.05, 4.69) is 0 Å². The summed E-state index contributed by atoms with van der Waals surface area (Å²) in [5.41, 5.74) is 0.528. The fourth-order valence-electron chi connectivity index (χ4n) is 2.52. The average molecular weight is 324 g/mol. The van der Waals surface area contributed by atoms with E-state index in [1.807, 2.05) is 45.0 Å². The molecule has 1 aliphatic rings. The summed E-state index contributed by atoms with van der Waals surface area (Å²) in [7, 11) is 0. The number of ketones is 1. The van der Waals surface area contributed by atoms with Gasteiger partial charge >= 0.3 is 6.09 Å². The molecule has 5 heteroatoms. The van der Waals surface area contributed by atoms with Gasteiger partial charge in [0.2, 0.25) is 0 Å². The van der Waals surface area contributed by atoms with Gasteiger partial charge in [0.15, 0.2) is 5.78 Å². The molecule has 1 aromatic rings. The maximum Gasteiger partial charge on any atom is 0.410 e. The third-order valence-corrected chi connectivity index (χ3v) is 3.81. The third kappa shape index (κ3) is 4.73. The van der Waals surface area contributed by atoms with Crippen LogP contribution in [-0.2, 0) is 16.0 Å². The zero-order valence-corrected chi connectivity index (χ0v) is 14.0. The lowest BCUT2D eigenvalue weighted by Gasteiger charge is -2.36. The number of amides is 1. The van der Waals surface area contributed by atoms with Gasteiger partial charge in [0, 0.05) is 17.5 Å². The Labute approximate surface area is 136 Å². The zero-order valence-electron chi connectivity index (χ0n) is 13.3. The lowest BCUT2D eigenvalue weighted by atomic mass is 9.95. The average Bonchev–Trinajstić information content (AvgIpc) is 2.41. The summed E-state index contributed by atoms with van der Waals surface area (Å²) in [6.45, 7) is 5.60. The Hall–Kier alpha value is -1.55. The molecule has 0 spiro atoms. The minimum atomic E-state index is -0.567. The molecule has 1 fully saturated rings. The van der Waals surface area contributed by atoms with E-state index in [1.54, 1.807) is 4.90 Å². The predicted molar refractivity (Wildman–Crippen MR) is 86.1 cm³/mol. The van der Waals surface area contributed by atoms with E-state index in [4.69, 9.17) is 16.3 Å². The van der Waals surface area contributed by atoms with Gasteiger partial charge < -0.3 is 4.74 Å². The Morgan fingerprint density at radius 1 is 1.32 bits per heavy atom. The Morgan fingerprint density at radius 3 is 2.55 bits per heavy atom. The normalized spacial score (nSPS) is 19.2. The standard InChI is InChI=1S/C17H22ClNO3/c1-17(2,3)22-16(21)19-11-15(20)9-8-14(19)10-12-4-6-13(18)7-5-12/h4-7,14H,8-11H2,1-3H3/t14-/m1/s1. The highest BCUT2D eigenvalue weighted by Crippen LogP contribution is 2.22. The summed E-state index contributed by atoms with van der Waals surface area (Å²) in [4.78, 5) is 25.6. The molecule has 0 aromatic heterocycles. The first-order chi connectivity index (χ1) is 10.2. The quantitative estimate of drug-likeness (QED) is 0.830. The summed E-state index contributed by atoms with van der Waals surface area (Å²) in [5.74, 6) is 0.0817. The first-order valence-electron chi connectivity index (χ1n) is 7.50. The molecule has 0 saturated carbocycles. The number of benzene rings is 1. The molecule has 120 valence electrons. The van der Waals surface area contributed by atoms with Crippen molar-refractivity contribution in [3.63, 3.8) is 0 Å². The van der Waals surface area contributed by atoms with Gasteiger partial charge in [0.1, 0.15) is 5.60 Å². The summed E-state index contributed by atoms with van der Waals surface area (Å²) in [6, 6.07) is 7.55. The molecule has 0 aliphatic carbocycles. The van der Waals surface area contributed by atoms with Crippen LogP contribution in [0, 0.1) is 0 Å². The number of nitrogens with zero attached hydrogens (tertiary/aromatic N) is 1. The summed E-state index contributed by atoms with van der Waals surface area (Å²) >= 11 is 5.90. The summed E-state index contributed by atoms with van der Waals surface area (Å²) in [5, 5.41) is 0.687. The molecule has 1 atom stereocenters. The van der Waals surface area contributed by atoms with Crippen LogP contribution in [0.3, 0.4) is 0 Å². The monoisotopic (exact) mass is 323 g/mol. The topological polar surface area (TPSA) is 46.6 Å². The third-order valence-electron chi connectivity index (χ3n) is 3.56. The van der Waals surface area contributed by atoms with Gasteiger partial charge in [0.05, 0.1) is 6.54 Å². The number of likely N-dealkylation sites (tertiary alicyclic amines) is 1. The molecule has 1 aromatic carbocycles. The van der Waals surface area contributed by atoms with Crippen LogP contribution in [0.2, 0.25) is 5.02 Å². The predicted octanol–water partition coefficient (Wildman–Crippen LogP) is 3.85. The van der Waals surface area contributed by atoms with Crippen LogP contribution in [0.25, 0.3) is 0 Å². The number of hydrogen-bond donors (Lipinski definition) is 0. The number of Topliss-reactive ketones (excluding diaryl/α,β-unsaturated/α-hetero) is 1. The number of rotatable bonds is 2. The smallest absolute Gasteiger partial charge is 0.410 e. The summed E-state index contributed by atoms with van der Waals surface area (Å²) < 4.78 is 5.43.